The highest BCUT2D eigenvalue weighted by atomic mass is 35.5. The summed E-state index contributed by atoms with van der Waals surface area (Å²) < 4.78 is 11.7. The largest absolute Gasteiger partial charge is 0.506 e. The SMILES string of the molecule is COc1cc(NC(=O)CCCc2ccc(-c3ccccc3)c(NC(=O)OC34CCN(CC3)CC4)c2)c(Cl)cc1CNC[C@H](O)c1ccc(O)c2[nH]c(=O)ccc12. The molecule has 2 amide bonds. The number of pyridine rings is 1. The number of carbonyl (C=O) groups excluding carboxylic acids is 2. The Morgan fingerprint density at radius 3 is 2.46 bits per heavy atom. The van der Waals surface area contributed by atoms with Crippen LogP contribution >= 0.6 is 11.6 Å². The van der Waals surface area contributed by atoms with E-state index in [2.05, 4.69) is 25.8 Å². The Morgan fingerprint density at radius 1 is 0.946 bits per heavy atom. The summed E-state index contributed by atoms with van der Waals surface area (Å²) in [6.45, 7) is 3.32. The van der Waals surface area contributed by atoms with Crippen molar-refractivity contribution in [1.82, 2.24) is 15.2 Å². The Hall–Kier alpha value is -5.40. The second-order valence-electron chi connectivity index (χ2n) is 14.5. The number of carbonyl (C=O) groups is 2. The second kappa shape index (κ2) is 17.2. The lowest BCUT2D eigenvalue weighted by atomic mass is 9.83. The lowest BCUT2D eigenvalue weighted by Crippen LogP contribution is -2.54. The number of benzene rings is 4. The molecule has 3 saturated heterocycles. The summed E-state index contributed by atoms with van der Waals surface area (Å²) >= 11 is 6.62. The molecule has 0 aliphatic carbocycles. The molecule has 0 spiro atoms. The predicted octanol–water partition coefficient (Wildman–Crippen LogP) is 7.13. The van der Waals surface area contributed by atoms with Crippen LogP contribution < -0.4 is 26.2 Å². The summed E-state index contributed by atoms with van der Waals surface area (Å²) in [5, 5.41) is 31.1. The number of phenols is 1. The number of fused-ring (bicyclic) bond motifs is 4. The normalized spacial score (nSPS) is 18.0. The zero-order valence-corrected chi connectivity index (χ0v) is 32.0. The fourth-order valence-electron chi connectivity index (χ4n) is 7.69. The molecule has 12 nitrogen and oxygen atoms in total. The first-order chi connectivity index (χ1) is 27.1. The number of aromatic nitrogens is 1. The molecule has 4 heterocycles. The molecule has 3 fully saturated rings. The van der Waals surface area contributed by atoms with Crippen molar-refractivity contribution in [3.8, 4) is 22.6 Å². The number of aromatic amines is 1. The van der Waals surface area contributed by atoms with Gasteiger partial charge in [0.05, 0.1) is 35.1 Å². The second-order valence-corrected chi connectivity index (χ2v) is 14.9. The Morgan fingerprint density at radius 2 is 1.71 bits per heavy atom. The topological polar surface area (TPSA) is 165 Å². The molecule has 1 aromatic heterocycles. The quantitative estimate of drug-likeness (QED) is 0.0688. The van der Waals surface area contributed by atoms with E-state index in [-0.39, 0.29) is 35.7 Å². The van der Waals surface area contributed by atoms with E-state index in [9.17, 15) is 24.6 Å². The summed E-state index contributed by atoms with van der Waals surface area (Å²) in [5.74, 6) is 0.221. The van der Waals surface area contributed by atoms with Gasteiger partial charge in [0.2, 0.25) is 11.5 Å². The van der Waals surface area contributed by atoms with E-state index >= 15 is 0 Å². The maximum Gasteiger partial charge on any atom is 0.412 e. The number of halogens is 1. The van der Waals surface area contributed by atoms with Gasteiger partial charge in [-0.25, -0.2) is 4.79 Å². The number of aliphatic hydroxyl groups is 1. The number of hydrogen-bond acceptors (Lipinski definition) is 9. The molecule has 8 rings (SSSR count). The molecule has 3 aliphatic heterocycles. The van der Waals surface area contributed by atoms with E-state index in [1.165, 1.54) is 19.2 Å². The molecule has 0 saturated carbocycles. The molecule has 13 heteroatoms. The average molecular weight is 780 g/mol. The highest BCUT2D eigenvalue weighted by Crippen LogP contribution is 2.37. The number of nitrogens with one attached hydrogen (secondary N) is 4. The Labute approximate surface area is 329 Å². The summed E-state index contributed by atoms with van der Waals surface area (Å²) in [6.07, 6.45) is 2.59. The number of anilines is 2. The number of amides is 2. The van der Waals surface area contributed by atoms with Crippen LogP contribution in [0.5, 0.6) is 11.5 Å². The fourth-order valence-corrected chi connectivity index (χ4v) is 7.92. The van der Waals surface area contributed by atoms with Gasteiger partial charge in [-0.15, -0.1) is 0 Å². The van der Waals surface area contributed by atoms with Gasteiger partial charge in [-0.2, -0.15) is 0 Å². The average Bonchev–Trinajstić information content (AvgIpc) is 3.20. The zero-order chi connectivity index (χ0) is 39.2. The summed E-state index contributed by atoms with van der Waals surface area (Å²) in [4.78, 5) is 43.1. The Bertz CT molecular complexity index is 2260. The van der Waals surface area contributed by atoms with E-state index in [1.807, 2.05) is 48.5 Å². The third kappa shape index (κ3) is 9.00. The van der Waals surface area contributed by atoms with E-state index < -0.39 is 17.8 Å². The van der Waals surface area contributed by atoms with Gasteiger partial charge in [0.15, 0.2) is 0 Å². The molecule has 6 N–H and O–H groups in total. The number of hydrogen-bond donors (Lipinski definition) is 6. The lowest BCUT2D eigenvalue weighted by Gasteiger charge is -2.47. The van der Waals surface area contributed by atoms with Gasteiger partial charge in [-0.05, 0) is 53.8 Å². The molecule has 2 bridgehead atoms. The van der Waals surface area contributed by atoms with Crippen LogP contribution in [0.2, 0.25) is 5.02 Å². The van der Waals surface area contributed by atoms with E-state index in [4.69, 9.17) is 21.1 Å². The first-order valence-electron chi connectivity index (χ1n) is 18.9. The fraction of sp³-hybridized carbons (Fsp3) is 0.326. The molecular weight excluding hydrogens is 734 g/mol. The molecular formula is C43H46ClN5O7. The summed E-state index contributed by atoms with van der Waals surface area (Å²) in [6, 6.07) is 25.2. The number of piperidine rings is 3. The molecule has 292 valence electrons. The number of phenolic OH excluding ortho intramolecular Hbond substituents is 1. The number of rotatable bonds is 14. The van der Waals surface area contributed by atoms with Gasteiger partial charge in [-0.3, -0.25) is 14.9 Å². The van der Waals surface area contributed by atoms with Gasteiger partial charge in [0.1, 0.15) is 17.1 Å². The van der Waals surface area contributed by atoms with E-state index in [0.29, 0.717) is 52.5 Å². The van der Waals surface area contributed by atoms with Crippen LogP contribution in [0.1, 0.15) is 54.9 Å². The predicted molar refractivity (Wildman–Crippen MR) is 217 cm³/mol. The molecule has 5 aromatic rings. The monoisotopic (exact) mass is 779 g/mol. The minimum atomic E-state index is -0.940. The highest BCUT2D eigenvalue weighted by Gasteiger charge is 2.42. The van der Waals surface area contributed by atoms with Gasteiger partial charge in [0, 0.05) is 87.1 Å². The van der Waals surface area contributed by atoms with Crippen LogP contribution in [-0.4, -0.2) is 71.0 Å². The first-order valence-corrected chi connectivity index (χ1v) is 19.3. The number of aryl methyl sites for hydroxylation is 1. The Balaban J connectivity index is 0.943. The minimum absolute atomic E-state index is 0.0804. The van der Waals surface area contributed by atoms with E-state index in [1.54, 1.807) is 24.3 Å². The molecule has 4 aromatic carbocycles. The molecule has 56 heavy (non-hydrogen) atoms. The number of methoxy groups -OCH3 is 1. The van der Waals surface area contributed by atoms with Crippen LogP contribution in [0.25, 0.3) is 22.0 Å². The number of ether oxygens (including phenoxy) is 2. The zero-order valence-electron chi connectivity index (χ0n) is 31.2. The van der Waals surface area contributed by atoms with Crippen molar-refractivity contribution in [1.29, 1.82) is 0 Å². The van der Waals surface area contributed by atoms with Gasteiger partial charge >= 0.3 is 6.09 Å². The van der Waals surface area contributed by atoms with Crippen molar-refractivity contribution < 1.29 is 29.3 Å². The lowest BCUT2D eigenvalue weighted by molar-refractivity contribution is -0.116. The van der Waals surface area contributed by atoms with Gasteiger partial charge < -0.3 is 40.2 Å². The summed E-state index contributed by atoms with van der Waals surface area (Å²) in [7, 11) is 1.53. The van der Waals surface area contributed by atoms with Crippen molar-refractivity contribution in [3.05, 3.63) is 117 Å². The molecule has 1 atom stereocenters. The standard InChI is InChI=1S/C43H46ClN5O7/c1-55-38-24-35(33(44)23-29(38)25-45-26-37(51)31-12-14-36(50)41-32(31)13-15-40(53)48-41)46-39(52)9-5-6-27-10-11-30(28-7-3-2-4-8-28)34(22-27)47-42(54)56-43-16-19-49(20-17-43)21-18-43/h2-4,7-8,10-15,22-24,37,45,50-51H,5-6,9,16-21,25-26H2,1H3,(H,46,52)(H,47,54)(H,48,53)/t37-/m0/s1. The third-order valence-electron chi connectivity index (χ3n) is 10.8. The van der Waals surface area contributed by atoms with Crippen LogP contribution in [0.15, 0.2) is 89.7 Å². The van der Waals surface area contributed by atoms with E-state index in [0.717, 1.165) is 61.2 Å². The van der Waals surface area contributed by atoms with Crippen molar-refractivity contribution >= 4 is 45.9 Å². The van der Waals surface area contributed by atoms with Crippen LogP contribution in [0.3, 0.4) is 0 Å². The third-order valence-corrected chi connectivity index (χ3v) is 11.1. The number of aromatic hydroxyl groups is 1. The highest BCUT2D eigenvalue weighted by molar-refractivity contribution is 6.33. The van der Waals surface area contributed by atoms with Crippen molar-refractivity contribution in [2.45, 2.75) is 56.8 Å². The molecule has 0 unspecified atom stereocenters. The van der Waals surface area contributed by atoms with Crippen molar-refractivity contribution in [2.24, 2.45) is 0 Å². The number of aliphatic hydroxyl groups excluding tert-OH is 1. The smallest absolute Gasteiger partial charge is 0.412 e. The summed E-state index contributed by atoms with van der Waals surface area (Å²) in [5.41, 5.74) is 4.71. The number of H-pyrrole nitrogens is 1. The van der Waals surface area contributed by atoms with Crippen LogP contribution in [-0.2, 0) is 22.5 Å². The molecule has 3 aliphatic rings. The molecule has 0 radical (unpaired) electrons. The maximum atomic E-state index is 13.3. The van der Waals surface area contributed by atoms with Crippen LogP contribution in [0.4, 0.5) is 16.2 Å². The van der Waals surface area contributed by atoms with Crippen LogP contribution in [0, 0.1) is 0 Å². The Kier molecular flexibility index (Phi) is 11.9. The maximum absolute atomic E-state index is 13.3. The van der Waals surface area contributed by atoms with Gasteiger partial charge in [0.25, 0.3) is 0 Å². The van der Waals surface area contributed by atoms with Crippen molar-refractivity contribution in [2.75, 3.05) is 43.9 Å². The number of nitrogens with zero attached hydrogens (tertiary/aromatic N) is 1. The van der Waals surface area contributed by atoms with Crippen molar-refractivity contribution in [3.63, 3.8) is 0 Å². The first kappa shape index (κ1) is 38.9. The van der Waals surface area contributed by atoms with Gasteiger partial charge in [-0.1, -0.05) is 60.1 Å². The minimum Gasteiger partial charge on any atom is -0.506 e.